The lowest BCUT2D eigenvalue weighted by Gasteiger charge is -2.26. The van der Waals surface area contributed by atoms with Crippen LogP contribution in [0.3, 0.4) is 0 Å². The van der Waals surface area contributed by atoms with E-state index in [0.29, 0.717) is 59.9 Å². The minimum absolute atomic E-state index is 0.201. The van der Waals surface area contributed by atoms with Crippen molar-refractivity contribution in [3.63, 3.8) is 0 Å². The Labute approximate surface area is 262 Å². The molecule has 0 bridgehead atoms. The molecular formula is C33H38N6O6. The lowest BCUT2D eigenvalue weighted by molar-refractivity contribution is 0.0383. The molecule has 1 fully saturated rings. The van der Waals surface area contributed by atoms with Crippen molar-refractivity contribution in [1.82, 2.24) is 20.2 Å². The zero-order valence-electron chi connectivity index (χ0n) is 25.9. The average molecular weight is 615 g/mol. The Hall–Kier alpha value is -4.94. The lowest BCUT2D eigenvalue weighted by atomic mass is 10.1. The molecule has 45 heavy (non-hydrogen) atoms. The van der Waals surface area contributed by atoms with Gasteiger partial charge in [-0.05, 0) is 45.0 Å². The zero-order valence-corrected chi connectivity index (χ0v) is 25.9. The van der Waals surface area contributed by atoms with Crippen LogP contribution in [-0.4, -0.2) is 79.0 Å². The lowest BCUT2D eigenvalue weighted by Crippen LogP contribution is -2.41. The van der Waals surface area contributed by atoms with E-state index in [0.717, 1.165) is 30.4 Å². The van der Waals surface area contributed by atoms with Crippen LogP contribution in [0.1, 0.15) is 31.1 Å². The van der Waals surface area contributed by atoms with Crippen LogP contribution in [0.4, 0.5) is 22.0 Å². The predicted molar refractivity (Wildman–Crippen MR) is 172 cm³/mol. The van der Waals surface area contributed by atoms with Crippen LogP contribution >= 0.6 is 0 Å². The van der Waals surface area contributed by atoms with Crippen LogP contribution < -0.4 is 25.4 Å². The SMILES string of the molecule is COc1cc(Nc2cc(Oc3ccc(NC(=O)OC(C)(C)C)c4ccccc34)ncn2)cc(C(=O)NCCN2CCOCC2)c1. The number of benzene rings is 3. The first-order valence-corrected chi connectivity index (χ1v) is 14.7. The highest BCUT2D eigenvalue weighted by Crippen LogP contribution is 2.35. The summed E-state index contributed by atoms with van der Waals surface area (Å²) in [4.78, 5) is 36.2. The molecule has 0 unspecified atom stereocenters. The van der Waals surface area contributed by atoms with Gasteiger partial charge in [-0.25, -0.2) is 14.8 Å². The average Bonchev–Trinajstić information content (AvgIpc) is 3.02. The predicted octanol–water partition coefficient (Wildman–Crippen LogP) is 5.58. The van der Waals surface area contributed by atoms with Gasteiger partial charge in [0.25, 0.3) is 5.91 Å². The summed E-state index contributed by atoms with van der Waals surface area (Å²) in [7, 11) is 1.55. The number of amides is 2. The van der Waals surface area contributed by atoms with Gasteiger partial charge in [0.1, 0.15) is 29.2 Å². The summed E-state index contributed by atoms with van der Waals surface area (Å²) < 4.78 is 22.4. The number of fused-ring (bicyclic) bond motifs is 1. The van der Waals surface area contributed by atoms with Gasteiger partial charge in [-0.15, -0.1) is 0 Å². The van der Waals surface area contributed by atoms with Crippen LogP contribution in [0.25, 0.3) is 10.8 Å². The largest absolute Gasteiger partial charge is 0.497 e. The number of methoxy groups -OCH3 is 1. The van der Waals surface area contributed by atoms with E-state index in [1.807, 2.05) is 45.0 Å². The van der Waals surface area contributed by atoms with E-state index in [1.165, 1.54) is 6.33 Å². The Morgan fingerprint density at radius 2 is 1.76 bits per heavy atom. The molecule has 0 radical (unpaired) electrons. The zero-order chi connectivity index (χ0) is 31.8. The molecule has 4 aromatic rings. The number of ether oxygens (including phenoxy) is 4. The fraction of sp³-hybridized carbons (Fsp3) is 0.333. The van der Waals surface area contributed by atoms with Crippen LogP contribution in [-0.2, 0) is 9.47 Å². The summed E-state index contributed by atoms with van der Waals surface area (Å²) in [6.07, 6.45) is 0.844. The first kappa shape index (κ1) is 31.5. The molecule has 0 aliphatic carbocycles. The van der Waals surface area contributed by atoms with E-state index < -0.39 is 11.7 Å². The van der Waals surface area contributed by atoms with Gasteiger partial charge >= 0.3 is 6.09 Å². The molecule has 3 aromatic carbocycles. The van der Waals surface area contributed by atoms with Crippen LogP contribution in [0, 0.1) is 0 Å². The molecule has 1 aliphatic heterocycles. The smallest absolute Gasteiger partial charge is 0.412 e. The summed E-state index contributed by atoms with van der Waals surface area (Å²) in [5.41, 5.74) is 1.04. The Bertz CT molecular complexity index is 1650. The molecule has 0 atom stereocenters. The fourth-order valence-electron chi connectivity index (χ4n) is 4.78. The maximum absolute atomic E-state index is 13.0. The van der Waals surface area contributed by atoms with Crippen LogP contribution in [0.5, 0.6) is 17.4 Å². The number of nitrogens with one attached hydrogen (secondary N) is 3. The highest BCUT2D eigenvalue weighted by Gasteiger charge is 2.18. The minimum atomic E-state index is -0.621. The summed E-state index contributed by atoms with van der Waals surface area (Å²) in [6, 6.07) is 17.9. The minimum Gasteiger partial charge on any atom is -0.497 e. The molecule has 236 valence electrons. The maximum atomic E-state index is 13.0. The molecule has 3 N–H and O–H groups in total. The van der Waals surface area contributed by atoms with Gasteiger partial charge in [0.2, 0.25) is 5.88 Å². The second-order valence-corrected chi connectivity index (χ2v) is 11.4. The Balaban J connectivity index is 1.28. The number of carbonyl (C=O) groups is 2. The monoisotopic (exact) mass is 614 g/mol. The molecule has 5 rings (SSSR count). The van der Waals surface area contributed by atoms with Gasteiger partial charge in [0, 0.05) is 60.3 Å². The van der Waals surface area contributed by atoms with Gasteiger partial charge < -0.3 is 29.6 Å². The third kappa shape index (κ3) is 8.80. The van der Waals surface area contributed by atoms with Crippen molar-refractivity contribution < 1.29 is 28.5 Å². The van der Waals surface area contributed by atoms with Crippen molar-refractivity contribution in [2.45, 2.75) is 26.4 Å². The molecule has 0 spiro atoms. The highest BCUT2D eigenvalue weighted by atomic mass is 16.6. The van der Waals surface area contributed by atoms with E-state index in [9.17, 15) is 9.59 Å². The number of anilines is 3. The molecule has 1 saturated heterocycles. The quantitative estimate of drug-likeness (QED) is 0.208. The third-order valence-corrected chi connectivity index (χ3v) is 6.87. The number of carbonyl (C=O) groups excluding carboxylic acids is 2. The van der Waals surface area contributed by atoms with Gasteiger partial charge in [0.15, 0.2) is 0 Å². The van der Waals surface area contributed by atoms with Gasteiger partial charge in [-0.2, -0.15) is 0 Å². The van der Waals surface area contributed by atoms with Crippen LogP contribution in [0.15, 0.2) is 67.0 Å². The maximum Gasteiger partial charge on any atom is 0.412 e. The van der Waals surface area contributed by atoms with Crippen molar-refractivity contribution >= 4 is 40.0 Å². The van der Waals surface area contributed by atoms with E-state index in [2.05, 4.69) is 30.8 Å². The first-order valence-electron chi connectivity index (χ1n) is 14.7. The molecule has 2 amide bonds. The van der Waals surface area contributed by atoms with Crippen molar-refractivity contribution in [3.05, 3.63) is 72.6 Å². The Kier molecular flexibility index (Phi) is 9.95. The fourth-order valence-corrected chi connectivity index (χ4v) is 4.78. The van der Waals surface area contributed by atoms with E-state index in [4.69, 9.17) is 18.9 Å². The Morgan fingerprint density at radius 1 is 0.978 bits per heavy atom. The molecule has 12 nitrogen and oxygen atoms in total. The first-order chi connectivity index (χ1) is 21.7. The molecule has 2 heterocycles. The van der Waals surface area contributed by atoms with Crippen LogP contribution in [0.2, 0.25) is 0 Å². The summed E-state index contributed by atoms with van der Waals surface area (Å²) in [5.74, 6) is 1.63. The van der Waals surface area contributed by atoms with E-state index in [-0.39, 0.29) is 5.91 Å². The van der Waals surface area contributed by atoms with Gasteiger partial charge in [-0.3, -0.25) is 15.0 Å². The Morgan fingerprint density at radius 3 is 2.51 bits per heavy atom. The van der Waals surface area contributed by atoms with Crippen molar-refractivity contribution in [3.8, 4) is 17.4 Å². The molecular weight excluding hydrogens is 576 g/mol. The van der Waals surface area contributed by atoms with Crippen molar-refractivity contribution in [2.24, 2.45) is 0 Å². The molecule has 0 saturated carbocycles. The normalized spacial score (nSPS) is 13.6. The second-order valence-electron chi connectivity index (χ2n) is 11.4. The standard InChI is InChI=1S/C33H38N6O6/c1-33(2,3)45-32(41)38-27-9-10-28(26-8-6-5-7-25(26)27)44-30-20-29(35-21-36-30)37-23-17-22(18-24(19-23)42-4)31(40)34-11-12-39-13-15-43-16-14-39/h5-10,17-21H,11-16H2,1-4H3,(H,34,40)(H,38,41)(H,35,36,37). The summed E-state index contributed by atoms with van der Waals surface area (Å²) in [5, 5.41) is 10.6. The van der Waals surface area contributed by atoms with Crippen molar-refractivity contribution in [1.29, 1.82) is 0 Å². The van der Waals surface area contributed by atoms with E-state index in [1.54, 1.807) is 43.5 Å². The van der Waals surface area contributed by atoms with Gasteiger partial charge in [0.05, 0.1) is 26.0 Å². The molecule has 1 aromatic heterocycles. The second kappa shape index (κ2) is 14.2. The number of hydrogen-bond acceptors (Lipinski definition) is 10. The topological polar surface area (TPSA) is 136 Å². The summed E-state index contributed by atoms with van der Waals surface area (Å²) >= 11 is 0. The number of rotatable bonds is 10. The molecule has 1 aliphatic rings. The number of hydrogen-bond donors (Lipinski definition) is 3. The number of nitrogens with zero attached hydrogens (tertiary/aromatic N) is 3. The third-order valence-electron chi connectivity index (χ3n) is 6.87. The van der Waals surface area contributed by atoms with Gasteiger partial charge in [-0.1, -0.05) is 24.3 Å². The highest BCUT2D eigenvalue weighted by molar-refractivity contribution is 6.03. The molecule has 12 heteroatoms. The van der Waals surface area contributed by atoms with E-state index >= 15 is 0 Å². The summed E-state index contributed by atoms with van der Waals surface area (Å²) in [6.45, 7) is 9.86. The van der Waals surface area contributed by atoms with Crippen molar-refractivity contribution in [2.75, 3.05) is 57.1 Å². The number of aromatic nitrogens is 2. The number of morpholine rings is 1.